The normalized spacial score (nSPS) is 18.2. The highest BCUT2D eigenvalue weighted by Crippen LogP contribution is 2.51. The first kappa shape index (κ1) is 19.2. The van der Waals surface area contributed by atoms with Crippen LogP contribution < -0.4 is 0 Å². The second kappa shape index (κ2) is 6.48. The first-order valence-corrected chi connectivity index (χ1v) is 10.7. The summed E-state index contributed by atoms with van der Waals surface area (Å²) >= 11 is 0. The summed E-state index contributed by atoms with van der Waals surface area (Å²) < 4.78 is 0. The average molecular weight is 371 g/mol. The molecular weight excluding hydrogens is 336 g/mol. The van der Waals surface area contributed by atoms with E-state index in [0.29, 0.717) is 5.92 Å². The monoisotopic (exact) mass is 370 g/mol. The molecule has 28 heavy (non-hydrogen) atoms. The summed E-state index contributed by atoms with van der Waals surface area (Å²) in [6.45, 7) is 16.2. The van der Waals surface area contributed by atoms with E-state index in [9.17, 15) is 0 Å². The Labute approximate surface area is 171 Å². The van der Waals surface area contributed by atoms with Crippen molar-refractivity contribution < 1.29 is 0 Å². The van der Waals surface area contributed by atoms with Crippen molar-refractivity contribution in [1.82, 2.24) is 0 Å². The van der Waals surface area contributed by atoms with Gasteiger partial charge in [0.05, 0.1) is 0 Å². The molecule has 0 amide bonds. The first-order valence-electron chi connectivity index (χ1n) is 10.7. The lowest BCUT2D eigenvalue weighted by Crippen LogP contribution is -2.13. The molecule has 2 aromatic rings. The van der Waals surface area contributed by atoms with Crippen LogP contribution in [0, 0.1) is 6.92 Å². The molecule has 0 heterocycles. The van der Waals surface area contributed by atoms with Gasteiger partial charge in [0.15, 0.2) is 0 Å². The van der Waals surface area contributed by atoms with Gasteiger partial charge in [0.1, 0.15) is 0 Å². The van der Waals surface area contributed by atoms with Gasteiger partial charge in [0, 0.05) is 5.92 Å². The molecule has 146 valence electrons. The Balaban J connectivity index is 1.91. The van der Waals surface area contributed by atoms with Crippen molar-refractivity contribution in [2.45, 2.75) is 78.1 Å². The predicted octanol–water partition coefficient (Wildman–Crippen LogP) is 7.98. The summed E-state index contributed by atoms with van der Waals surface area (Å²) in [7, 11) is 0. The SMILES string of the molecule is Cc1cc(C(C)(C)C)cc2c1-c1ccc(C(C)(C)C)cc1C2CC1=CC=CC1. The van der Waals surface area contributed by atoms with Crippen LogP contribution >= 0.6 is 0 Å². The lowest BCUT2D eigenvalue weighted by atomic mass is 9.81. The molecule has 0 radical (unpaired) electrons. The molecule has 2 aliphatic carbocycles. The molecule has 0 aliphatic heterocycles. The Kier molecular flexibility index (Phi) is 4.45. The first-order chi connectivity index (χ1) is 13.1. The fourth-order valence-corrected chi connectivity index (χ4v) is 4.73. The third kappa shape index (κ3) is 3.28. The van der Waals surface area contributed by atoms with Gasteiger partial charge < -0.3 is 0 Å². The van der Waals surface area contributed by atoms with Crippen molar-refractivity contribution >= 4 is 0 Å². The molecule has 0 nitrogen and oxygen atoms in total. The molecule has 0 N–H and O–H groups in total. The third-order valence-electron chi connectivity index (χ3n) is 6.48. The van der Waals surface area contributed by atoms with Crippen LogP contribution in [0.2, 0.25) is 0 Å². The van der Waals surface area contributed by atoms with E-state index in [1.54, 1.807) is 11.1 Å². The minimum Gasteiger partial charge on any atom is -0.0805 e. The predicted molar refractivity (Wildman–Crippen MR) is 122 cm³/mol. The molecule has 2 aliphatic rings. The summed E-state index contributed by atoms with van der Waals surface area (Å²) in [5.41, 5.74) is 12.2. The van der Waals surface area contributed by atoms with Crippen LogP contribution in [-0.2, 0) is 10.8 Å². The molecular formula is C28H34. The zero-order chi connectivity index (χ0) is 20.3. The van der Waals surface area contributed by atoms with E-state index in [1.807, 2.05) is 0 Å². The number of aryl methyl sites for hydroxylation is 1. The fraction of sp³-hybridized carbons (Fsp3) is 0.429. The standard InChI is InChI=1S/C28H34/c1-18-14-21(28(5,6)7)17-25-23(15-19-10-8-9-11-19)24-16-20(27(2,3)4)12-13-22(24)26(18)25/h8-10,12-14,16-17,23H,11,15H2,1-7H3. The largest absolute Gasteiger partial charge is 0.0805 e. The highest BCUT2D eigenvalue weighted by atomic mass is 14.4. The van der Waals surface area contributed by atoms with Crippen LogP contribution in [-0.4, -0.2) is 0 Å². The second-order valence-corrected chi connectivity index (χ2v) is 10.8. The molecule has 1 unspecified atom stereocenters. The van der Waals surface area contributed by atoms with Gasteiger partial charge in [0.2, 0.25) is 0 Å². The smallest absolute Gasteiger partial charge is 0.0139 e. The van der Waals surface area contributed by atoms with Gasteiger partial charge in [-0.25, -0.2) is 0 Å². The van der Waals surface area contributed by atoms with Gasteiger partial charge in [-0.1, -0.05) is 95.7 Å². The van der Waals surface area contributed by atoms with Crippen molar-refractivity contribution in [2.75, 3.05) is 0 Å². The Bertz CT molecular complexity index is 984. The highest BCUT2D eigenvalue weighted by Gasteiger charge is 2.33. The molecule has 4 rings (SSSR count). The molecule has 0 saturated heterocycles. The lowest BCUT2D eigenvalue weighted by Gasteiger charge is -2.23. The third-order valence-corrected chi connectivity index (χ3v) is 6.48. The van der Waals surface area contributed by atoms with E-state index in [4.69, 9.17) is 0 Å². The van der Waals surface area contributed by atoms with Crippen LogP contribution in [0.25, 0.3) is 11.1 Å². The quantitative estimate of drug-likeness (QED) is 0.502. The second-order valence-electron chi connectivity index (χ2n) is 10.8. The number of rotatable bonds is 2. The minimum atomic E-state index is 0.171. The van der Waals surface area contributed by atoms with Gasteiger partial charge in [-0.2, -0.15) is 0 Å². The maximum atomic E-state index is 2.51. The number of hydrogen-bond acceptors (Lipinski definition) is 0. The van der Waals surface area contributed by atoms with Gasteiger partial charge in [-0.3, -0.25) is 0 Å². The Morgan fingerprint density at radius 3 is 2.14 bits per heavy atom. The number of hydrogen-bond donors (Lipinski definition) is 0. The van der Waals surface area contributed by atoms with E-state index in [-0.39, 0.29) is 10.8 Å². The maximum absolute atomic E-state index is 2.51. The summed E-state index contributed by atoms with van der Waals surface area (Å²) in [6, 6.07) is 12.2. The van der Waals surface area contributed by atoms with E-state index in [1.165, 1.54) is 33.4 Å². The summed E-state index contributed by atoms with van der Waals surface area (Å²) in [6.07, 6.45) is 9.07. The Morgan fingerprint density at radius 2 is 1.54 bits per heavy atom. The van der Waals surface area contributed by atoms with E-state index < -0.39 is 0 Å². The van der Waals surface area contributed by atoms with Gasteiger partial charge in [-0.15, -0.1) is 0 Å². The maximum Gasteiger partial charge on any atom is 0.0139 e. The highest BCUT2D eigenvalue weighted by molar-refractivity contribution is 5.82. The van der Waals surface area contributed by atoms with E-state index in [0.717, 1.165) is 12.8 Å². The molecule has 0 heteroatoms. The van der Waals surface area contributed by atoms with Gasteiger partial charge in [-0.05, 0) is 69.5 Å². The molecule has 0 bridgehead atoms. The van der Waals surface area contributed by atoms with Gasteiger partial charge >= 0.3 is 0 Å². The van der Waals surface area contributed by atoms with Crippen LogP contribution in [0.15, 0.2) is 54.1 Å². The van der Waals surface area contributed by atoms with Crippen LogP contribution in [0.1, 0.15) is 88.1 Å². The molecule has 2 aromatic carbocycles. The molecule has 0 spiro atoms. The number of benzene rings is 2. The van der Waals surface area contributed by atoms with Crippen molar-refractivity contribution in [1.29, 1.82) is 0 Å². The fourth-order valence-electron chi connectivity index (χ4n) is 4.73. The topological polar surface area (TPSA) is 0 Å². The molecule has 0 fully saturated rings. The van der Waals surface area contributed by atoms with Crippen molar-refractivity contribution in [3.05, 3.63) is 82.0 Å². The zero-order valence-electron chi connectivity index (χ0n) is 18.6. The van der Waals surface area contributed by atoms with E-state index in [2.05, 4.69) is 97.0 Å². The summed E-state index contributed by atoms with van der Waals surface area (Å²) in [5, 5.41) is 0. The summed E-state index contributed by atoms with van der Waals surface area (Å²) in [4.78, 5) is 0. The van der Waals surface area contributed by atoms with Crippen LogP contribution in [0.4, 0.5) is 0 Å². The molecule has 0 saturated carbocycles. The lowest BCUT2D eigenvalue weighted by molar-refractivity contribution is 0.587. The van der Waals surface area contributed by atoms with E-state index >= 15 is 0 Å². The number of allylic oxidation sites excluding steroid dienone is 4. The van der Waals surface area contributed by atoms with Crippen molar-refractivity contribution in [3.8, 4) is 11.1 Å². The van der Waals surface area contributed by atoms with Crippen LogP contribution in [0.3, 0.4) is 0 Å². The zero-order valence-corrected chi connectivity index (χ0v) is 18.6. The average Bonchev–Trinajstić information content (AvgIpc) is 3.20. The molecule has 1 atom stereocenters. The van der Waals surface area contributed by atoms with Crippen molar-refractivity contribution in [3.63, 3.8) is 0 Å². The van der Waals surface area contributed by atoms with Crippen LogP contribution in [0.5, 0.6) is 0 Å². The number of fused-ring (bicyclic) bond motifs is 3. The Hall–Kier alpha value is -2.08. The van der Waals surface area contributed by atoms with Gasteiger partial charge in [0.25, 0.3) is 0 Å². The molecule has 0 aromatic heterocycles. The Morgan fingerprint density at radius 1 is 0.857 bits per heavy atom. The van der Waals surface area contributed by atoms with Crippen molar-refractivity contribution in [2.24, 2.45) is 0 Å². The summed E-state index contributed by atoms with van der Waals surface area (Å²) in [5.74, 6) is 0.472. The minimum absolute atomic E-state index is 0.171.